The highest BCUT2D eigenvalue weighted by molar-refractivity contribution is 6.02. The van der Waals surface area contributed by atoms with Crippen molar-refractivity contribution in [3.63, 3.8) is 0 Å². The average molecular weight is 234 g/mol. The van der Waals surface area contributed by atoms with Crippen LogP contribution in [0.2, 0.25) is 0 Å². The fraction of sp³-hybridized carbons (Fsp3) is 0.600. The summed E-state index contributed by atoms with van der Waals surface area (Å²) in [6.07, 6.45) is 5.97. The first-order valence-electron chi connectivity index (χ1n) is 6.28. The molecule has 0 aliphatic heterocycles. The Balaban J connectivity index is 5.22. The predicted molar refractivity (Wildman–Crippen MR) is 79.0 cm³/mol. The number of nitrogens with zero attached hydrogens (tertiary/aromatic N) is 2. The van der Waals surface area contributed by atoms with E-state index >= 15 is 0 Å². The molecule has 0 radical (unpaired) electrons. The zero-order valence-electron chi connectivity index (χ0n) is 12.3. The van der Waals surface area contributed by atoms with Crippen LogP contribution in [0.1, 0.15) is 41.5 Å². The summed E-state index contributed by atoms with van der Waals surface area (Å²) in [6, 6.07) is 0. The van der Waals surface area contributed by atoms with Crippen molar-refractivity contribution in [2.75, 3.05) is 7.05 Å². The van der Waals surface area contributed by atoms with Gasteiger partial charge in [-0.15, -0.1) is 0 Å². The maximum absolute atomic E-state index is 4.72. The molecule has 0 saturated carbocycles. The molecule has 0 amide bonds. The van der Waals surface area contributed by atoms with Gasteiger partial charge >= 0.3 is 0 Å². The molecule has 0 N–H and O–H groups in total. The lowest BCUT2D eigenvalue weighted by Gasteiger charge is -2.13. The second-order valence-corrected chi connectivity index (χ2v) is 4.75. The van der Waals surface area contributed by atoms with Crippen LogP contribution in [0.25, 0.3) is 0 Å². The van der Waals surface area contributed by atoms with Crippen molar-refractivity contribution >= 4 is 11.9 Å². The third kappa shape index (κ3) is 5.62. The largest absolute Gasteiger partial charge is 0.297 e. The van der Waals surface area contributed by atoms with Crippen molar-refractivity contribution in [2.45, 2.75) is 41.5 Å². The maximum atomic E-state index is 4.72. The lowest BCUT2D eigenvalue weighted by atomic mass is 9.98. The second-order valence-electron chi connectivity index (χ2n) is 4.75. The van der Waals surface area contributed by atoms with E-state index in [1.165, 1.54) is 5.57 Å². The van der Waals surface area contributed by atoms with Crippen LogP contribution in [0.4, 0.5) is 0 Å². The Hall–Kier alpha value is -1.18. The van der Waals surface area contributed by atoms with E-state index in [1.54, 1.807) is 7.05 Å². The third-order valence-electron chi connectivity index (χ3n) is 2.63. The number of hydrogen-bond donors (Lipinski definition) is 0. The molecule has 0 atom stereocenters. The van der Waals surface area contributed by atoms with Crippen molar-refractivity contribution in [2.24, 2.45) is 21.8 Å². The van der Waals surface area contributed by atoms with Crippen LogP contribution in [-0.2, 0) is 0 Å². The summed E-state index contributed by atoms with van der Waals surface area (Å²) < 4.78 is 0. The number of aliphatic imine (C=N–C) groups is 2. The maximum Gasteiger partial charge on any atom is 0.0411 e. The Kier molecular flexibility index (Phi) is 7.44. The average Bonchev–Trinajstić information content (AvgIpc) is 2.25. The van der Waals surface area contributed by atoms with Gasteiger partial charge in [0.25, 0.3) is 0 Å². The summed E-state index contributed by atoms with van der Waals surface area (Å²) in [5.41, 5.74) is 3.47. The fourth-order valence-electron chi connectivity index (χ4n) is 1.67. The minimum Gasteiger partial charge on any atom is -0.297 e. The van der Waals surface area contributed by atoms with Crippen molar-refractivity contribution in [1.82, 2.24) is 0 Å². The summed E-state index contributed by atoms with van der Waals surface area (Å²) in [5, 5.41) is 0. The normalized spacial score (nSPS) is 15.5. The highest BCUT2D eigenvalue weighted by Crippen LogP contribution is 2.16. The van der Waals surface area contributed by atoms with Gasteiger partial charge in [-0.25, -0.2) is 0 Å². The molecule has 0 heterocycles. The smallest absolute Gasteiger partial charge is 0.0411 e. The van der Waals surface area contributed by atoms with E-state index in [-0.39, 0.29) is 0 Å². The van der Waals surface area contributed by atoms with E-state index < -0.39 is 0 Å². The molecule has 0 bridgehead atoms. The van der Waals surface area contributed by atoms with E-state index in [1.807, 2.05) is 13.1 Å². The number of allylic oxidation sites excluding steroid dienone is 4. The van der Waals surface area contributed by atoms with Crippen LogP contribution >= 0.6 is 0 Å². The molecule has 2 nitrogen and oxygen atoms in total. The van der Waals surface area contributed by atoms with E-state index in [2.05, 4.69) is 51.8 Å². The topological polar surface area (TPSA) is 24.7 Å². The SMILES string of the molecule is C\C=C(/N=C(C)/C(=C\C=N/C)C(C)C)C(C)C. The van der Waals surface area contributed by atoms with E-state index in [0.29, 0.717) is 11.8 Å². The molecule has 0 aromatic heterocycles. The molecular formula is C15H26N2. The molecule has 2 heteroatoms. The fourth-order valence-corrected chi connectivity index (χ4v) is 1.67. The van der Waals surface area contributed by atoms with E-state index in [9.17, 15) is 0 Å². The quantitative estimate of drug-likeness (QED) is 0.634. The van der Waals surface area contributed by atoms with Gasteiger partial charge in [-0.3, -0.25) is 9.98 Å². The third-order valence-corrected chi connectivity index (χ3v) is 2.63. The highest BCUT2D eigenvalue weighted by Gasteiger charge is 2.08. The van der Waals surface area contributed by atoms with Gasteiger partial charge in [-0.05, 0) is 37.3 Å². The van der Waals surface area contributed by atoms with E-state index in [4.69, 9.17) is 4.99 Å². The van der Waals surface area contributed by atoms with Gasteiger partial charge in [0, 0.05) is 24.7 Å². The summed E-state index contributed by atoms with van der Waals surface area (Å²) in [7, 11) is 1.78. The van der Waals surface area contributed by atoms with Crippen LogP contribution in [0.5, 0.6) is 0 Å². The number of hydrogen-bond acceptors (Lipinski definition) is 2. The number of rotatable bonds is 5. The van der Waals surface area contributed by atoms with Crippen LogP contribution in [0, 0.1) is 11.8 Å². The van der Waals surface area contributed by atoms with Gasteiger partial charge in [0.15, 0.2) is 0 Å². The van der Waals surface area contributed by atoms with Crippen molar-refractivity contribution < 1.29 is 0 Å². The first kappa shape index (κ1) is 15.8. The van der Waals surface area contributed by atoms with Gasteiger partial charge in [0.2, 0.25) is 0 Å². The monoisotopic (exact) mass is 234 g/mol. The van der Waals surface area contributed by atoms with Gasteiger partial charge in [0.05, 0.1) is 0 Å². The van der Waals surface area contributed by atoms with Gasteiger partial charge in [-0.2, -0.15) is 0 Å². The molecule has 0 spiro atoms. The summed E-state index contributed by atoms with van der Waals surface area (Å²) >= 11 is 0. The van der Waals surface area contributed by atoms with E-state index in [0.717, 1.165) is 11.4 Å². The van der Waals surface area contributed by atoms with Crippen LogP contribution < -0.4 is 0 Å². The Morgan fingerprint density at radius 2 is 1.65 bits per heavy atom. The lowest BCUT2D eigenvalue weighted by Crippen LogP contribution is -2.07. The molecule has 96 valence electrons. The Morgan fingerprint density at radius 3 is 2.00 bits per heavy atom. The molecular weight excluding hydrogens is 208 g/mol. The van der Waals surface area contributed by atoms with Crippen LogP contribution in [-0.4, -0.2) is 19.0 Å². The molecule has 0 aliphatic rings. The van der Waals surface area contributed by atoms with Gasteiger partial charge in [-0.1, -0.05) is 33.8 Å². The Morgan fingerprint density at radius 1 is 1.06 bits per heavy atom. The van der Waals surface area contributed by atoms with Crippen molar-refractivity contribution in [3.05, 3.63) is 23.4 Å². The molecule has 0 aliphatic carbocycles. The second kappa shape index (κ2) is 7.99. The summed E-state index contributed by atoms with van der Waals surface area (Å²) in [5.74, 6) is 0.922. The van der Waals surface area contributed by atoms with Crippen LogP contribution in [0.15, 0.2) is 33.4 Å². The standard InChI is InChI=1S/C15H26N2/c1-8-15(12(4)5)17-13(6)14(11(2)3)9-10-16-7/h8-12H,1-7H3/b14-9-,15-8-,16-10-,17-13+. The minimum absolute atomic E-state index is 0.460. The molecule has 0 rings (SSSR count). The molecule has 0 aromatic rings. The molecule has 0 fully saturated rings. The zero-order chi connectivity index (χ0) is 13.4. The molecule has 0 saturated heterocycles. The van der Waals surface area contributed by atoms with Gasteiger partial charge < -0.3 is 0 Å². The first-order valence-corrected chi connectivity index (χ1v) is 6.28. The Bertz CT molecular complexity index is 342. The molecule has 0 aromatic carbocycles. The van der Waals surface area contributed by atoms with Crippen molar-refractivity contribution in [1.29, 1.82) is 0 Å². The van der Waals surface area contributed by atoms with Gasteiger partial charge in [0.1, 0.15) is 0 Å². The predicted octanol–water partition coefficient (Wildman–Crippen LogP) is 4.29. The zero-order valence-corrected chi connectivity index (χ0v) is 12.3. The Labute approximate surface area is 106 Å². The van der Waals surface area contributed by atoms with Crippen molar-refractivity contribution in [3.8, 4) is 0 Å². The molecule has 17 heavy (non-hydrogen) atoms. The minimum atomic E-state index is 0.460. The lowest BCUT2D eigenvalue weighted by molar-refractivity contribution is 0.752. The summed E-state index contributed by atoms with van der Waals surface area (Å²) in [6.45, 7) is 12.8. The van der Waals surface area contributed by atoms with Crippen LogP contribution in [0.3, 0.4) is 0 Å². The summed E-state index contributed by atoms with van der Waals surface area (Å²) in [4.78, 5) is 8.72. The first-order chi connectivity index (χ1) is 7.93. The highest BCUT2D eigenvalue weighted by atomic mass is 14.8. The molecule has 0 unspecified atom stereocenters.